The summed E-state index contributed by atoms with van der Waals surface area (Å²) in [6, 6.07) is 7.08. The molecule has 1 rings (SSSR count). The van der Waals surface area contributed by atoms with Crippen molar-refractivity contribution < 1.29 is 14.3 Å². The molecule has 4 heteroatoms. The molecule has 0 saturated heterocycles. The number of halogens is 1. The van der Waals surface area contributed by atoms with E-state index in [1.54, 1.807) is 24.3 Å². The van der Waals surface area contributed by atoms with Crippen LogP contribution in [0.25, 0.3) is 0 Å². The number of esters is 1. The summed E-state index contributed by atoms with van der Waals surface area (Å²) >= 11 is 5.75. The molecule has 18 heavy (non-hydrogen) atoms. The number of hydrogen-bond donors (Lipinski definition) is 0. The largest absolute Gasteiger partial charge is 0.490 e. The molecule has 0 fully saturated rings. The summed E-state index contributed by atoms with van der Waals surface area (Å²) in [7, 11) is 0. The van der Waals surface area contributed by atoms with E-state index in [4.69, 9.17) is 21.1 Å². The molecular formula is C14H19ClO3. The summed E-state index contributed by atoms with van der Waals surface area (Å²) in [5.74, 6) is 0.574. The van der Waals surface area contributed by atoms with E-state index in [2.05, 4.69) is 6.92 Å². The SMILES string of the molecule is CCCCCC(=O)OCCOc1ccc(Cl)cc1. The molecule has 0 amide bonds. The van der Waals surface area contributed by atoms with Gasteiger partial charge >= 0.3 is 5.97 Å². The fourth-order valence-corrected chi connectivity index (χ4v) is 1.56. The molecule has 0 aliphatic carbocycles. The van der Waals surface area contributed by atoms with Gasteiger partial charge in [-0.05, 0) is 30.7 Å². The van der Waals surface area contributed by atoms with Gasteiger partial charge in [0.2, 0.25) is 0 Å². The van der Waals surface area contributed by atoms with Gasteiger partial charge in [-0.1, -0.05) is 31.4 Å². The summed E-state index contributed by atoms with van der Waals surface area (Å²) in [6.07, 6.45) is 3.56. The molecule has 0 bridgehead atoms. The zero-order chi connectivity index (χ0) is 13.2. The zero-order valence-corrected chi connectivity index (χ0v) is 11.4. The van der Waals surface area contributed by atoms with Gasteiger partial charge in [-0.15, -0.1) is 0 Å². The van der Waals surface area contributed by atoms with E-state index in [9.17, 15) is 4.79 Å². The van der Waals surface area contributed by atoms with Gasteiger partial charge in [0.15, 0.2) is 0 Å². The number of carbonyl (C=O) groups is 1. The van der Waals surface area contributed by atoms with Crippen LogP contribution in [0.2, 0.25) is 5.02 Å². The molecular weight excluding hydrogens is 252 g/mol. The van der Waals surface area contributed by atoms with Crippen molar-refractivity contribution in [1.82, 2.24) is 0 Å². The highest BCUT2D eigenvalue weighted by molar-refractivity contribution is 6.30. The van der Waals surface area contributed by atoms with Crippen molar-refractivity contribution in [1.29, 1.82) is 0 Å². The molecule has 0 aliphatic rings. The molecule has 0 spiro atoms. The normalized spacial score (nSPS) is 10.1. The number of unbranched alkanes of at least 4 members (excludes halogenated alkanes) is 2. The zero-order valence-electron chi connectivity index (χ0n) is 10.7. The minimum absolute atomic E-state index is 0.150. The fraction of sp³-hybridized carbons (Fsp3) is 0.500. The first-order chi connectivity index (χ1) is 8.72. The maximum Gasteiger partial charge on any atom is 0.305 e. The highest BCUT2D eigenvalue weighted by atomic mass is 35.5. The van der Waals surface area contributed by atoms with Gasteiger partial charge in [0.25, 0.3) is 0 Å². The average Bonchev–Trinajstić information content (AvgIpc) is 2.37. The molecule has 0 unspecified atom stereocenters. The van der Waals surface area contributed by atoms with Crippen LogP contribution in [0.1, 0.15) is 32.6 Å². The van der Waals surface area contributed by atoms with Gasteiger partial charge in [0.05, 0.1) is 0 Å². The molecule has 0 N–H and O–H groups in total. The lowest BCUT2D eigenvalue weighted by Gasteiger charge is -2.07. The van der Waals surface area contributed by atoms with E-state index in [1.807, 2.05) is 0 Å². The Bertz CT molecular complexity index is 349. The van der Waals surface area contributed by atoms with E-state index in [1.165, 1.54) is 0 Å². The van der Waals surface area contributed by atoms with E-state index in [-0.39, 0.29) is 12.6 Å². The van der Waals surface area contributed by atoms with Crippen LogP contribution in [-0.2, 0) is 9.53 Å². The molecule has 0 aliphatic heterocycles. The Balaban J connectivity index is 2.07. The summed E-state index contributed by atoms with van der Waals surface area (Å²) in [5, 5.41) is 0.671. The molecule has 0 radical (unpaired) electrons. The highest BCUT2D eigenvalue weighted by Gasteiger charge is 2.02. The van der Waals surface area contributed by atoms with Crippen LogP contribution in [-0.4, -0.2) is 19.2 Å². The molecule has 0 aromatic heterocycles. The summed E-state index contributed by atoms with van der Waals surface area (Å²) in [4.78, 5) is 11.3. The van der Waals surface area contributed by atoms with Crippen molar-refractivity contribution in [3.8, 4) is 5.75 Å². The maximum atomic E-state index is 11.3. The number of ether oxygens (including phenoxy) is 2. The van der Waals surface area contributed by atoms with Crippen LogP contribution in [0.5, 0.6) is 5.75 Å². The van der Waals surface area contributed by atoms with Gasteiger partial charge in [-0.25, -0.2) is 0 Å². The predicted molar refractivity (Wildman–Crippen MR) is 72.0 cm³/mol. The van der Waals surface area contributed by atoms with E-state index < -0.39 is 0 Å². The Morgan fingerprint density at radius 3 is 2.56 bits per heavy atom. The van der Waals surface area contributed by atoms with Crippen LogP contribution in [0.4, 0.5) is 0 Å². The van der Waals surface area contributed by atoms with Crippen LogP contribution in [0.3, 0.4) is 0 Å². The molecule has 100 valence electrons. The Morgan fingerprint density at radius 1 is 1.17 bits per heavy atom. The summed E-state index contributed by atoms with van der Waals surface area (Å²) in [6.45, 7) is 2.75. The van der Waals surface area contributed by atoms with Crippen molar-refractivity contribution in [2.24, 2.45) is 0 Å². The highest BCUT2D eigenvalue weighted by Crippen LogP contribution is 2.15. The number of hydrogen-bond acceptors (Lipinski definition) is 3. The monoisotopic (exact) mass is 270 g/mol. The molecule has 1 aromatic rings. The van der Waals surface area contributed by atoms with Gasteiger partial charge in [-0.2, -0.15) is 0 Å². The van der Waals surface area contributed by atoms with Crippen molar-refractivity contribution in [2.75, 3.05) is 13.2 Å². The Labute approximate surface area is 113 Å². The van der Waals surface area contributed by atoms with Gasteiger partial charge in [-0.3, -0.25) is 4.79 Å². The number of rotatable bonds is 8. The van der Waals surface area contributed by atoms with Crippen molar-refractivity contribution >= 4 is 17.6 Å². The first kappa shape index (κ1) is 14.8. The topological polar surface area (TPSA) is 35.5 Å². The Hall–Kier alpha value is -1.22. The standard InChI is InChI=1S/C14H19ClO3/c1-2-3-4-5-14(16)18-11-10-17-13-8-6-12(15)7-9-13/h6-9H,2-5,10-11H2,1H3. The lowest BCUT2D eigenvalue weighted by Crippen LogP contribution is -2.11. The van der Waals surface area contributed by atoms with Crippen LogP contribution in [0, 0.1) is 0 Å². The smallest absolute Gasteiger partial charge is 0.305 e. The fourth-order valence-electron chi connectivity index (χ4n) is 1.44. The number of carbonyl (C=O) groups excluding carboxylic acids is 1. The summed E-state index contributed by atoms with van der Waals surface area (Å²) in [5.41, 5.74) is 0. The molecule has 0 heterocycles. The second-order valence-corrected chi connectivity index (χ2v) is 4.42. The van der Waals surface area contributed by atoms with Crippen LogP contribution in [0.15, 0.2) is 24.3 Å². The van der Waals surface area contributed by atoms with Crippen LogP contribution < -0.4 is 4.74 Å². The summed E-state index contributed by atoms with van der Waals surface area (Å²) < 4.78 is 10.4. The third-order valence-electron chi connectivity index (χ3n) is 2.41. The first-order valence-electron chi connectivity index (χ1n) is 6.26. The van der Waals surface area contributed by atoms with Gasteiger partial charge in [0.1, 0.15) is 19.0 Å². The van der Waals surface area contributed by atoms with Gasteiger partial charge in [0, 0.05) is 11.4 Å². The van der Waals surface area contributed by atoms with Gasteiger partial charge < -0.3 is 9.47 Å². The molecule has 3 nitrogen and oxygen atoms in total. The van der Waals surface area contributed by atoms with Crippen molar-refractivity contribution in [3.05, 3.63) is 29.3 Å². The minimum atomic E-state index is -0.150. The minimum Gasteiger partial charge on any atom is -0.490 e. The first-order valence-corrected chi connectivity index (χ1v) is 6.64. The van der Waals surface area contributed by atoms with Crippen molar-refractivity contribution in [2.45, 2.75) is 32.6 Å². The molecule has 0 atom stereocenters. The Kier molecular flexibility index (Phi) is 7.26. The Morgan fingerprint density at radius 2 is 1.89 bits per heavy atom. The lowest BCUT2D eigenvalue weighted by atomic mass is 10.2. The van der Waals surface area contributed by atoms with Crippen LogP contribution >= 0.6 is 11.6 Å². The quantitative estimate of drug-likeness (QED) is 0.532. The second kappa shape index (κ2) is 8.81. The van der Waals surface area contributed by atoms with Crippen molar-refractivity contribution in [3.63, 3.8) is 0 Å². The predicted octanol–water partition coefficient (Wildman–Crippen LogP) is 3.84. The lowest BCUT2D eigenvalue weighted by molar-refractivity contribution is -0.144. The number of benzene rings is 1. The van der Waals surface area contributed by atoms with E-state index >= 15 is 0 Å². The average molecular weight is 271 g/mol. The molecule has 0 saturated carbocycles. The third kappa shape index (κ3) is 6.50. The maximum absolute atomic E-state index is 11.3. The molecule has 1 aromatic carbocycles. The third-order valence-corrected chi connectivity index (χ3v) is 2.67. The van der Waals surface area contributed by atoms with E-state index in [0.717, 1.165) is 25.0 Å². The van der Waals surface area contributed by atoms with E-state index in [0.29, 0.717) is 18.1 Å². The second-order valence-electron chi connectivity index (χ2n) is 3.98.